The van der Waals surface area contributed by atoms with Crippen LogP contribution in [0.25, 0.3) is 0 Å². The summed E-state index contributed by atoms with van der Waals surface area (Å²) in [5, 5.41) is 4.29. The van der Waals surface area contributed by atoms with Crippen LogP contribution in [0.15, 0.2) is 18.0 Å². The van der Waals surface area contributed by atoms with E-state index in [1.807, 2.05) is 11.6 Å². The molecule has 0 aromatic carbocycles. The molecule has 0 atom stereocenters. The molecule has 2 fully saturated rings. The van der Waals surface area contributed by atoms with Gasteiger partial charge in [-0.1, -0.05) is 0 Å². The second-order valence-corrected chi connectivity index (χ2v) is 9.50. The lowest BCUT2D eigenvalue weighted by molar-refractivity contribution is -0.140. The number of nitrogens with two attached hydrogens (primary N) is 1. The third-order valence-corrected chi connectivity index (χ3v) is 6.53. The highest BCUT2D eigenvalue weighted by molar-refractivity contribution is 6.16. The maximum absolute atomic E-state index is 11.7. The second kappa shape index (κ2) is 21.0. The minimum Gasteiger partial charge on any atom is -0.500 e. The van der Waals surface area contributed by atoms with Crippen molar-refractivity contribution in [1.29, 1.82) is 0 Å². The Kier molecular flexibility index (Phi) is 18.6. The quantitative estimate of drug-likeness (QED) is 0.139. The Hall–Kier alpha value is -2.76. The van der Waals surface area contributed by atoms with Crippen LogP contribution in [0.3, 0.4) is 0 Å². The largest absolute Gasteiger partial charge is 0.500 e. The zero-order valence-electron chi connectivity index (χ0n) is 24.9. The van der Waals surface area contributed by atoms with Gasteiger partial charge in [0.15, 0.2) is 5.78 Å². The van der Waals surface area contributed by atoms with Crippen molar-refractivity contribution in [1.82, 2.24) is 9.78 Å². The molecular formula is C29H49N3O8. The fourth-order valence-electron chi connectivity index (χ4n) is 4.13. The van der Waals surface area contributed by atoms with Crippen molar-refractivity contribution >= 4 is 17.7 Å². The van der Waals surface area contributed by atoms with Crippen LogP contribution >= 0.6 is 0 Å². The number of hydrogen-bond acceptors (Lipinski definition) is 10. The molecule has 0 unspecified atom stereocenters. The summed E-state index contributed by atoms with van der Waals surface area (Å²) in [6.45, 7) is 14.8. The molecule has 3 heterocycles. The normalized spacial score (nSPS) is 16.1. The number of nitrogens with zero attached hydrogens (tertiary/aromatic N) is 2. The van der Waals surface area contributed by atoms with E-state index in [9.17, 15) is 14.4 Å². The van der Waals surface area contributed by atoms with E-state index < -0.39 is 5.97 Å². The maximum atomic E-state index is 11.7. The van der Waals surface area contributed by atoms with Gasteiger partial charge in [-0.05, 0) is 85.1 Å². The van der Waals surface area contributed by atoms with Crippen molar-refractivity contribution in [2.45, 2.75) is 73.3 Å². The monoisotopic (exact) mass is 567 g/mol. The van der Waals surface area contributed by atoms with E-state index in [-0.39, 0.29) is 23.9 Å². The number of Topliss-reactive ketones (excluding diaryl/α,β-unsaturated/α-hetero) is 1. The SMILES string of the molecule is CCO/C=C(\C(C)=O)C(=O)OCC.CCOC(=O)c1cnn(CC2CCOCC2)c1C.NCCC1CCOCC1. The van der Waals surface area contributed by atoms with Gasteiger partial charge in [0, 0.05) is 38.7 Å². The van der Waals surface area contributed by atoms with Gasteiger partial charge in [-0.2, -0.15) is 5.10 Å². The van der Waals surface area contributed by atoms with Gasteiger partial charge in [0.1, 0.15) is 17.4 Å². The standard InChI is InChI=1S/C13H20N2O3.C9H14O4.C7H15NO/c1-3-18-13(16)12-8-14-15(10(12)2)9-11-4-6-17-7-5-11;1-4-12-6-8(7(3)10)9(11)13-5-2;8-4-1-7-2-5-9-6-3-7/h8,11H,3-7,9H2,1-2H3;6H,4-5H2,1-3H3;7H,1-6,8H2/b;8-6+;. The Labute approximate surface area is 238 Å². The summed E-state index contributed by atoms with van der Waals surface area (Å²) < 4.78 is 26.9. The number of hydrogen-bond donors (Lipinski definition) is 1. The van der Waals surface area contributed by atoms with Crippen LogP contribution in [0.5, 0.6) is 0 Å². The lowest BCUT2D eigenvalue weighted by Gasteiger charge is -2.22. The van der Waals surface area contributed by atoms with Gasteiger partial charge in [-0.15, -0.1) is 0 Å². The molecule has 0 bridgehead atoms. The van der Waals surface area contributed by atoms with Crippen LogP contribution in [0, 0.1) is 18.8 Å². The number of ketones is 1. The Morgan fingerprint density at radius 2 is 1.55 bits per heavy atom. The van der Waals surface area contributed by atoms with Crippen molar-refractivity contribution < 1.29 is 38.1 Å². The van der Waals surface area contributed by atoms with E-state index >= 15 is 0 Å². The molecule has 2 saturated heterocycles. The summed E-state index contributed by atoms with van der Waals surface area (Å²) in [5.41, 5.74) is 6.83. The predicted octanol–water partition coefficient (Wildman–Crippen LogP) is 3.62. The average Bonchev–Trinajstić information content (AvgIpc) is 3.31. The van der Waals surface area contributed by atoms with Crippen molar-refractivity contribution in [3.63, 3.8) is 0 Å². The van der Waals surface area contributed by atoms with E-state index in [0.29, 0.717) is 24.7 Å². The molecule has 0 radical (unpaired) electrons. The van der Waals surface area contributed by atoms with E-state index in [1.165, 1.54) is 26.2 Å². The second-order valence-electron chi connectivity index (χ2n) is 9.50. The minimum atomic E-state index is -0.636. The highest BCUT2D eigenvalue weighted by Gasteiger charge is 2.19. The number of carbonyl (C=O) groups excluding carboxylic acids is 3. The molecule has 2 aliphatic rings. The fraction of sp³-hybridized carbons (Fsp3) is 0.724. The van der Waals surface area contributed by atoms with E-state index in [4.69, 9.17) is 24.7 Å². The smallest absolute Gasteiger partial charge is 0.344 e. The zero-order valence-corrected chi connectivity index (χ0v) is 24.9. The van der Waals surface area contributed by atoms with Crippen LogP contribution in [-0.2, 0) is 39.8 Å². The Balaban J connectivity index is 0.000000320. The summed E-state index contributed by atoms with van der Waals surface area (Å²) in [6.07, 6.45) is 8.49. The molecule has 228 valence electrons. The summed E-state index contributed by atoms with van der Waals surface area (Å²) in [6, 6.07) is 0. The maximum Gasteiger partial charge on any atom is 0.344 e. The molecule has 2 N–H and O–H groups in total. The first-order chi connectivity index (χ1) is 19.3. The fourth-order valence-corrected chi connectivity index (χ4v) is 4.13. The van der Waals surface area contributed by atoms with Gasteiger partial charge in [-0.25, -0.2) is 9.59 Å². The molecule has 2 aliphatic heterocycles. The third-order valence-electron chi connectivity index (χ3n) is 6.53. The summed E-state index contributed by atoms with van der Waals surface area (Å²) in [5.74, 6) is 0.166. The van der Waals surface area contributed by atoms with Crippen molar-refractivity contribution in [3.05, 3.63) is 29.3 Å². The first kappa shape index (κ1) is 35.3. The van der Waals surface area contributed by atoms with Crippen molar-refractivity contribution in [3.8, 4) is 0 Å². The predicted molar refractivity (Wildman–Crippen MR) is 151 cm³/mol. The number of ether oxygens (including phenoxy) is 5. The Morgan fingerprint density at radius 3 is 2.05 bits per heavy atom. The van der Waals surface area contributed by atoms with E-state index in [1.54, 1.807) is 27.0 Å². The molecule has 0 amide bonds. The third kappa shape index (κ3) is 13.5. The van der Waals surface area contributed by atoms with Crippen molar-refractivity contribution in [2.24, 2.45) is 17.6 Å². The molecule has 3 rings (SSSR count). The zero-order chi connectivity index (χ0) is 29.8. The molecule has 11 heteroatoms. The molecule has 0 aliphatic carbocycles. The molecule has 1 aromatic rings. The number of aromatic nitrogens is 2. The van der Waals surface area contributed by atoms with Gasteiger partial charge >= 0.3 is 11.9 Å². The number of rotatable bonds is 11. The lowest BCUT2D eigenvalue weighted by Crippen LogP contribution is -2.21. The Bertz CT molecular complexity index is 900. The molecular weight excluding hydrogens is 518 g/mol. The molecule has 11 nitrogen and oxygen atoms in total. The summed E-state index contributed by atoms with van der Waals surface area (Å²) >= 11 is 0. The Morgan fingerprint density at radius 1 is 0.975 bits per heavy atom. The van der Waals surface area contributed by atoms with Gasteiger partial charge < -0.3 is 29.4 Å². The highest BCUT2D eigenvalue weighted by Crippen LogP contribution is 2.19. The van der Waals surface area contributed by atoms with Crippen LogP contribution in [0.4, 0.5) is 0 Å². The van der Waals surface area contributed by atoms with Crippen LogP contribution in [-0.4, -0.2) is 80.3 Å². The summed E-state index contributed by atoms with van der Waals surface area (Å²) in [7, 11) is 0. The molecule has 0 spiro atoms. The molecule has 0 saturated carbocycles. The topological polar surface area (TPSA) is 141 Å². The molecule has 1 aromatic heterocycles. The van der Waals surface area contributed by atoms with Crippen LogP contribution < -0.4 is 5.73 Å². The molecule has 40 heavy (non-hydrogen) atoms. The average molecular weight is 568 g/mol. The lowest BCUT2D eigenvalue weighted by atomic mass is 9.97. The van der Waals surface area contributed by atoms with Gasteiger partial charge in [-0.3, -0.25) is 9.48 Å². The van der Waals surface area contributed by atoms with Crippen molar-refractivity contribution in [2.75, 3.05) is 52.8 Å². The van der Waals surface area contributed by atoms with Gasteiger partial charge in [0.2, 0.25) is 0 Å². The number of esters is 2. The van der Waals surface area contributed by atoms with Gasteiger partial charge in [0.05, 0.1) is 26.0 Å². The van der Waals surface area contributed by atoms with E-state index in [2.05, 4.69) is 9.84 Å². The summed E-state index contributed by atoms with van der Waals surface area (Å²) in [4.78, 5) is 33.7. The minimum absolute atomic E-state index is 0.0521. The number of carbonyl (C=O) groups is 3. The highest BCUT2D eigenvalue weighted by atomic mass is 16.5. The van der Waals surface area contributed by atoms with Crippen LogP contribution in [0.1, 0.15) is 75.9 Å². The van der Waals surface area contributed by atoms with Crippen LogP contribution in [0.2, 0.25) is 0 Å². The van der Waals surface area contributed by atoms with E-state index in [0.717, 1.165) is 70.2 Å². The first-order valence-electron chi connectivity index (χ1n) is 14.3. The van der Waals surface area contributed by atoms with Gasteiger partial charge in [0.25, 0.3) is 0 Å². The first-order valence-corrected chi connectivity index (χ1v) is 14.3.